The zero-order chi connectivity index (χ0) is 17.8. The van der Waals surface area contributed by atoms with Gasteiger partial charge in [-0.25, -0.2) is 0 Å². The summed E-state index contributed by atoms with van der Waals surface area (Å²) >= 11 is 0. The van der Waals surface area contributed by atoms with Crippen molar-refractivity contribution in [1.29, 1.82) is 0 Å². The van der Waals surface area contributed by atoms with Crippen LogP contribution in [0.4, 0.5) is 11.4 Å². The number of carbonyl (C=O) groups is 3. The second-order valence-corrected chi connectivity index (χ2v) is 4.91. The van der Waals surface area contributed by atoms with E-state index in [-0.39, 0.29) is 28.5 Å². The summed E-state index contributed by atoms with van der Waals surface area (Å²) in [7, 11) is 0. The number of rotatable bonds is 5. The molecule has 2 N–H and O–H groups in total. The van der Waals surface area contributed by atoms with Crippen LogP contribution in [0.3, 0.4) is 0 Å². The van der Waals surface area contributed by atoms with Crippen molar-refractivity contribution in [3.8, 4) is 0 Å². The minimum atomic E-state index is -1.42. The molecule has 0 aliphatic rings. The van der Waals surface area contributed by atoms with Crippen LogP contribution in [0.2, 0.25) is 0 Å². The van der Waals surface area contributed by atoms with Gasteiger partial charge in [0.15, 0.2) is 11.5 Å². The molecule has 8 heteroatoms. The second kappa shape index (κ2) is 6.75. The number of aromatic carboxylic acids is 1. The first kappa shape index (κ1) is 16.1. The molecule has 0 saturated heterocycles. The third-order valence-electron chi connectivity index (χ3n) is 3.24. The lowest BCUT2D eigenvalue weighted by Gasteiger charge is -2.13. The molecule has 25 heavy (non-hydrogen) atoms. The maximum atomic E-state index is 12.1. The first-order valence-electron chi connectivity index (χ1n) is 7.09. The lowest BCUT2D eigenvalue weighted by atomic mass is 10.1. The molecule has 0 radical (unpaired) electrons. The fourth-order valence-corrected chi connectivity index (χ4v) is 2.07. The van der Waals surface area contributed by atoms with Gasteiger partial charge in [-0.05, 0) is 42.0 Å². The first-order chi connectivity index (χ1) is 12.0. The van der Waals surface area contributed by atoms with E-state index in [1.54, 1.807) is 6.07 Å². The maximum Gasteiger partial charge on any atom is 0.291 e. The van der Waals surface area contributed by atoms with E-state index >= 15 is 0 Å². The Morgan fingerprint density at radius 1 is 0.800 bits per heavy atom. The summed E-state index contributed by atoms with van der Waals surface area (Å²) in [6, 6.07) is 9.75. The summed E-state index contributed by atoms with van der Waals surface area (Å²) < 4.78 is 9.97. The van der Waals surface area contributed by atoms with Crippen LogP contribution in [0, 0.1) is 0 Å². The topological polar surface area (TPSA) is 125 Å². The molecule has 0 spiro atoms. The Morgan fingerprint density at radius 2 is 1.36 bits per heavy atom. The Hall–Kier alpha value is -3.81. The van der Waals surface area contributed by atoms with E-state index in [0.717, 1.165) is 0 Å². The Morgan fingerprint density at radius 3 is 1.84 bits per heavy atom. The minimum Gasteiger partial charge on any atom is -0.545 e. The minimum absolute atomic E-state index is 0.0298. The molecule has 0 bridgehead atoms. The van der Waals surface area contributed by atoms with Crippen LogP contribution in [0.15, 0.2) is 63.8 Å². The molecule has 3 rings (SSSR count). The molecule has 0 saturated carbocycles. The van der Waals surface area contributed by atoms with E-state index < -0.39 is 17.8 Å². The van der Waals surface area contributed by atoms with Gasteiger partial charge in [0.1, 0.15) is 0 Å². The maximum absolute atomic E-state index is 12.1. The van der Waals surface area contributed by atoms with Crippen LogP contribution in [0.5, 0.6) is 0 Å². The molecule has 2 heterocycles. The van der Waals surface area contributed by atoms with E-state index in [1.165, 1.54) is 48.9 Å². The van der Waals surface area contributed by atoms with E-state index in [4.69, 9.17) is 8.83 Å². The number of carboxylic acid groups (broad SMARTS) is 1. The lowest BCUT2D eigenvalue weighted by Crippen LogP contribution is -2.23. The highest BCUT2D eigenvalue weighted by Crippen LogP contribution is 2.25. The highest BCUT2D eigenvalue weighted by Gasteiger charge is 2.15. The monoisotopic (exact) mass is 339 g/mol. The summed E-state index contributed by atoms with van der Waals surface area (Å²) in [5, 5.41) is 16.1. The lowest BCUT2D eigenvalue weighted by molar-refractivity contribution is -0.255. The quantitative estimate of drug-likeness (QED) is 0.729. The molecule has 8 nitrogen and oxygen atoms in total. The number of furan rings is 2. The average molecular weight is 339 g/mol. The highest BCUT2D eigenvalue weighted by molar-refractivity contribution is 6.09. The molecule has 0 aliphatic heterocycles. The van der Waals surface area contributed by atoms with E-state index in [0.29, 0.717) is 0 Å². The fourth-order valence-electron chi connectivity index (χ4n) is 2.07. The van der Waals surface area contributed by atoms with Crippen LogP contribution in [0.25, 0.3) is 0 Å². The predicted octanol–water partition coefficient (Wildman–Crippen LogP) is 1.74. The SMILES string of the molecule is O=C([O-])c1ccc(NC(=O)c2ccco2)c(NC(=O)c2ccco2)c1. The Balaban J connectivity index is 1.89. The Kier molecular flexibility index (Phi) is 4.34. The van der Waals surface area contributed by atoms with Crippen molar-refractivity contribution in [2.24, 2.45) is 0 Å². The van der Waals surface area contributed by atoms with Crippen LogP contribution in [-0.2, 0) is 0 Å². The molecule has 1 aromatic carbocycles. The van der Waals surface area contributed by atoms with Gasteiger partial charge in [-0.2, -0.15) is 0 Å². The van der Waals surface area contributed by atoms with Crippen molar-refractivity contribution in [3.63, 3.8) is 0 Å². The second-order valence-electron chi connectivity index (χ2n) is 4.91. The zero-order valence-corrected chi connectivity index (χ0v) is 12.6. The van der Waals surface area contributed by atoms with Crippen molar-refractivity contribution < 1.29 is 28.3 Å². The smallest absolute Gasteiger partial charge is 0.291 e. The van der Waals surface area contributed by atoms with Gasteiger partial charge in [-0.1, -0.05) is 6.07 Å². The number of nitrogens with one attached hydrogen (secondary N) is 2. The molecule has 2 amide bonds. The number of hydrogen-bond acceptors (Lipinski definition) is 6. The summed E-state index contributed by atoms with van der Waals surface area (Å²) in [5.74, 6) is -2.49. The molecule has 0 aliphatic carbocycles. The average Bonchev–Trinajstić information content (AvgIpc) is 3.29. The number of carbonyl (C=O) groups excluding carboxylic acids is 3. The molecule has 2 aromatic heterocycles. The molecular weight excluding hydrogens is 328 g/mol. The van der Waals surface area contributed by atoms with E-state index in [2.05, 4.69) is 10.6 Å². The molecule has 0 unspecified atom stereocenters. The van der Waals surface area contributed by atoms with Gasteiger partial charge >= 0.3 is 0 Å². The highest BCUT2D eigenvalue weighted by atomic mass is 16.4. The summed E-state index contributed by atoms with van der Waals surface area (Å²) in [4.78, 5) is 35.3. The molecule has 3 aromatic rings. The van der Waals surface area contributed by atoms with Crippen LogP contribution in [0.1, 0.15) is 31.5 Å². The number of amides is 2. The molecule has 0 atom stereocenters. The number of carboxylic acids is 1. The van der Waals surface area contributed by atoms with E-state index in [9.17, 15) is 19.5 Å². The van der Waals surface area contributed by atoms with Crippen molar-refractivity contribution in [1.82, 2.24) is 0 Å². The first-order valence-corrected chi connectivity index (χ1v) is 7.09. The van der Waals surface area contributed by atoms with Gasteiger partial charge in [-0.15, -0.1) is 0 Å². The number of hydrogen-bond donors (Lipinski definition) is 2. The van der Waals surface area contributed by atoms with Gasteiger partial charge in [0.2, 0.25) is 0 Å². The standard InChI is InChI=1S/C17H12N2O6/c20-15(13-3-1-7-24-13)18-11-6-5-10(17(22)23)9-12(11)19-16(21)14-4-2-8-25-14/h1-9H,(H,18,20)(H,19,21)(H,22,23)/p-1. The van der Waals surface area contributed by atoms with E-state index in [1.807, 2.05) is 0 Å². The molecule has 0 fully saturated rings. The number of benzene rings is 1. The summed E-state index contributed by atoms with van der Waals surface area (Å²) in [5.41, 5.74) is 0.0973. The largest absolute Gasteiger partial charge is 0.545 e. The van der Waals surface area contributed by atoms with Gasteiger partial charge in [-0.3, -0.25) is 9.59 Å². The molecule has 126 valence electrons. The third-order valence-corrected chi connectivity index (χ3v) is 3.24. The van der Waals surface area contributed by atoms with Crippen LogP contribution in [-0.4, -0.2) is 17.8 Å². The van der Waals surface area contributed by atoms with Gasteiger partial charge in [0.25, 0.3) is 11.8 Å². The van der Waals surface area contributed by atoms with Crippen molar-refractivity contribution in [2.75, 3.05) is 10.6 Å². The molecular formula is C17H11N2O6-. The normalized spacial score (nSPS) is 10.2. The van der Waals surface area contributed by atoms with Crippen molar-refractivity contribution in [3.05, 3.63) is 72.1 Å². The number of anilines is 2. The van der Waals surface area contributed by atoms with Crippen molar-refractivity contribution >= 4 is 29.2 Å². The van der Waals surface area contributed by atoms with Gasteiger partial charge in [0, 0.05) is 0 Å². The van der Waals surface area contributed by atoms with Crippen LogP contribution >= 0.6 is 0 Å². The van der Waals surface area contributed by atoms with Crippen molar-refractivity contribution in [2.45, 2.75) is 0 Å². The van der Waals surface area contributed by atoms with Gasteiger partial charge in [0.05, 0.1) is 29.9 Å². The fraction of sp³-hybridized carbons (Fsp3) is 0. The summed E-state index contributed by atoms with van der Waals surface area (Å²) in [6.07, 6.45) is 2.67. The Bertz CT molecular complexity index is 913. The van der Waals surface area contributed by atoms with Crippen LogP contribution < -0.4 is 15.7 Å². The zero-order valence-electron chi connectivity index (χ0n) is 12.6. The third kappa shape index (κ3) is 3.58. The van der Waals surface area contributed by atoms with Gasteiger partial charge < -0.3 is 29.4 Å². The summed E-state index contributed by atoms with van der Waals surface area (Å²) in [6.45, 7) is 0. The predicted molar refractivity (Wildman–Crippen MR) is 84.1 cm³/mol. The Labute approximate surface area is 141 Å².